The fourth-order valence-electron chi connectivity index (χ4n) is 2.98. The number of hydrogen-bond acceptors (Lipinski definition) is 4. The summed E-state index contributed by atoms with van der Waals surface area (Å²) in [4.78, 5) is 14.8. The number of carbonyl (C=O) groups is 1. The van der Waals surface area contributed by atoms with Gasteiger partial charge in [0.2, 0.25) is 0 Å². The summed E-state index contributed by atoms with van der Waals surface area (Å²) in [6, 6.07) is 7.52. The number of nitrogens with zero attached hydrogens (tertiary/aromatic N) is 1. The molecule has 0 aliphatic carbocycles. The van der Waals surface area contributed by atoms with Crippen LogP contribution in [0.1, 0.15) is 39.5 Å². The van der Waals surface area contributed by atoms with E-state index in [1.807, 2.05) is 38.1 Å². The van der Waals surface area contributed by atoms with Gasteiger partial charge in [0.1, 0.15) is 18.0 Å². The Balaban J connectivity index is 1.81. The zero-order valence-electron chi connectivity index (χ0n) is 15.1. The molecule has 1 aliphatic rings. The van der Waals surface area contributed by atoms with Crippen LogP contribution >= 0.6 is 0 Å². The minimum atomic E-state index is -0.792. The van der Waals surface area contributed by atoms with Gasteiger partial charge in [-0.2, -0.15) is 0 Å². The first-order valence-electron chi connectivity index (χ1n) is 8.89. The summed E-state index contributed by atoms with van der Waals surface area (Å²) in [5, 5.41) is 2.92. The second-order valence-electron chi connectivity index (χ2n) is 6.56. The highest BCUT2D eigenvalue weighted by molar-refractivity contribution is 5.97. The second-order valence-corrected chi connectivity index (χ2v) is 6.56. The Labute approximate surface area is 145 Å². The maximum absolute atomic E-state index is 12.4. The molecule has 0 radical (unpaired) electrons. The Hall–Kier alpha value is -1.59. The third-order valence-electron chi connectivity index (χ3n) is 4.65. The smallest absolute Gasteiger partial charge is 0.256 e. The predicted octanol–water partition coefficient (Wildman–Crippen LogP) is 3.30. The van der Waals surface area contributed by atoms with Gasteiger partial charge in [0.15, 0.2) is 0 Å². The lowest BCUT2D eigenvalue weighted by atomic mass is 9.99. The van der Waals surface area contributed by atoms with Crippen molar-refractivity contribution in [2.75, 3.05) is 38.7 Å². The van der Waals surface area contributed by atoms with Crippen molar-refractivity contribution in [1.29, 1.82) is 0 Å². The van der Waals surface area contributed by atoms with E-state index in [0.29, 0.717) is 13.0 Å². The number of benzene rings is 1. The van der Waals surface area contributed by atoms with Gasteiger partial charge in [0.25, 0.3) is 5.91 Å². The zero-order valence-corrected chi connectivity index (χ0v) is 15.1. The van der Waals surface area contributed by atoms with E-state index in [1.165, 1.54) is 25.9 Å². The van der Waals surface area contributed by atoms with Crippen LogP contribution < -0.4 is 10.1 Å². The van der Waals surface area contributed by atoms with Gasteiger partial charge in [-0.1, -0.05) is 13.3 Å². The van der Waals surface area contributed by atoms with Crippen molar-refractivity contribution in [3.8, 4) is 5.75 Å². The molecular weight excluding hydrogens is 304 g/mol. The van der Waals surface area contributed by atoms with Crippen molar-refractivity contribution >= 4 is 11.6 Å². The van der Waals surface area contributed by atoms with Gasteiger partial charge in [-0.15, -0.1) is 0 Å². The van der Waals surface area contributed by atoms with Gasteiger partial charge < -0.3 is 14.8 Å². The molecule has 0 bridgehead atoms. The maximum atomic E-state index is 12.4. The highest BCUT2D eigenvalue weighted by Crippen LogP contribution is 2.21. The van der Waals surface area contributed by atoms with Crippen LogP contribution in [0.4, 0.5) is 5.69 Å². The van der Waals surface area contributed by atoms with Crippen molar-refractivity contribution < 1.29 is 14.3 Å². The summed E-state index contributed by atoms with van der Waals surface area (Å²) >= 11 is 0. The molecule has 1 aromatic carbocycles. The molecule has 1 N–H and O–H groups in total. The quantitative estimate of drug-likeness (QED) is 0.753. The van der Waals surface area contributed by atoms with E-state index in [2.05, 4.69) is 10.2 Å². The highest BCUT2D eigenvalue weighted by Gasteiger charge is 2.32. The summed E-state index contributed by atoms with van der Waals surface area (Å²) in [6.07, 6.45) is 4.17. The average Bonchev–Trinajstić information content (AvgIpc) is 3.10. The van der Waals surface area contributed by atoms with Gasteiger partial charge in [-0.05, 0) is 63.5 Å². The van der Waals surface area contributed by atoms with Crippen LogP contribution in [0.15, 0.2) is 24.3 Å². The molecule has 1 heterocycles. The number of nitrogens with one attached hydrogen (secondary N) is 1. The first-order valence-corrected chi connectivity index (χ1v) is 8.89. The normalized spacial score (nSPS) is 17.5. The molecule has 0 saturated carbocycles. The summed E-state index contributed by atoms with van der Waals surface area (Å²) in [5.41, 5.74) is -0.0362. The molecule has 1 aliphatic heterocycles. The highest BCUT2D eigenvalue weighted by atomic mass is 16.5. The van der Waals surface area contributed by atoms with Crippen molar-refractivity contribution in [2.45, 2.75) is 45.1 Å². The van der Waals surface area contributed by atoms with E-state index in [1.54, 1.807) is 7.11 Å². The number of rotatable bonds is 9. The number of anilines is 1. The predicted molar refractivity (Wildman–Crippen MR) is 96.6 cm³/mol. The molecule has 1 saturated heterocycles. The van der Waals surface area contributed by atoms with Crippen LogP contribution in [0, 0.1) is 0 Å². The summed E-state index contributed by atoms with van der Waals surface area (Å²) < 4.78 is 11.2. The molecule has 1 fully saturated rings. The molecule has 5 heteroatoms. The number of amides is 1. The maximum Gasteiger partial charge on any atom is 0.256 e. The third kappa shape index (κ3) is 5.21. The molecular formula is C19H30N2O3. The minimum Gasteiger partial charge on any atom is -0.492 e. The van der Waals surface area contributed by atoms with Gasteiger partial charge in [0, 0.05) is 19.3 Å². The van der Waals surface area contributed by atoms with Crippen molar-refractivity contribution in [1.82, 2.24) is 4.90 Å². The van der Waals surface area contributed by atoms with E-state index in [4.69, 9.17) is 9.47 Å². The lowest BCUT2D eigenvalue weighted by molar-refractivity contribution is -0.136. The van der Waals surface area contributed by atoms with Crippen LogP contribution in [0.5, 0.6) is 5.75 Å². The van der Waals surface area contributed by atoms with Crippen LogP contribution in [0.3, 0.4) is 0 Å². The average molecular weight is 334 g/mol. The first-order chi connectivity index (χ1) is 11.6. The van der Waals surface area contributed by atoms with E-state index < -0.39 is 5.60 Å². The molecule has 1 amide bonds. The van der Waals surface area contributed by atoms with Crippen LogP contribution in [-0.2, 0) is 9.53 Å². The molecule has 5 nitrogen and oxygen atoms in total. The summed E-state index contributed by atoms with van der Waals surface area (Å²) in [7, 11) is 1.58. The van der Waals surface area contributed by atoms with Gasteiger partial charge in [-0.25, -0.2) is 0 Å². The molecule has 0 aromatic heterocycles. The molecule has 2 rings (SSSR count). The summed E-state index contributed by atoms with van der Waals surface area (Å²) in [6.45, 7) is 7.90. The van der Waals surface area contributed by atoms with Gasteiger partial charge >= 0.3 is 0 Å². The number of methoxy groups -OCH3 is 1. The molecule has 1 atom stereocenters. The van der Waals surface area contributed by atoms with Crippen LogP contribution in [0.25, 0.3) is 0 Å². The fourth-order valence-corrected chi connectivity index (χ4v) is 2.98. The largest absolute Gasteiger partial charge is 0.492 e. The van der Waals surface area contributed by atoms with E-state index in [0.717, 1.165) is 24.4 Å². The Morgan fingerprint density at radius 3 is 2.50 bits per heavy atom. The zero-order chi connectivity index (χ0) is 17.4. The number of hydrogen-bond donors (Lipinski definition) is 1. The second kappa shape index (κ2) is 9.04. The van der Waals surface area contributed by atoms with Crippen LogP contribution in [-0.4, -0.2) is 49.8 Å². The van der Waals surface area contributed by atoms with Crippen molar-refractivity contribution in [3.05, 3.63) is 24.3 Å². The molecule has 24 heavy (non-hydrogen) atoms. The van der Waals surface area contributed by atoms with Gasteiger partial charge in [-0.3, -0.25) is 9.69 Å². The van der Waals surface area contributed by atoms with Crippen LogP contribution in [0.2, 0.25) is 0 Å². The molecule has 0 spiro atoms. The summed E-state index contributed by atoms with van der Waals surface area (Å²) in [5.74, 6) is 0.713. The number of likely N-dealkylation sites (tertiary alicyclic amines) is 1. The number of carbonyl (C=O) groups excluding carboxylic acids is 1. The Bertz CT molecular complexity index is 512. The van der Waals surface area contributed by atoms with E-state index in [9.17, 15) is 4.79 Å². The Morgan fingerprint density at radius 2 is 1.92 bits per heavy atom. The van der Waals surface area contributed by atoms with E-state index >= 15 is 0 Å². The SMILES string of the molecule is CCC[C@](C)(OC)C(=O)Nc1ccc(OCCN2CCCC2)cc1. The lowest BCUT2D eigenvalue weighted by Gasteiger charge is -2.26. The topological polar surface area (TPSA) is 50.8 Å². The minimum absolute atomic E-state index is 0.116. The number of ether oxygens (including phenoxy) is 2. The van der Waals surface area contributed by atoms with Crippen molar-refractivity contribution in [3.63, 3.8) is 0 Å². The lowest BCUT2D eigenvalue weighted by Crippen LogP contribution is -2.41. The standard InChI is InChI=1S/C19H30N2O3/c1-4-11-19(2,23-3)18(22)20-16-7-9-17(10-8-16)24-15-14-21-12-5-6-13-21/h7-10H,4-6,11-15H2,1-3H3,(H,20,22)/t19-/m0/s1. The fraction of sp³-hybridized carbons (Fsp3) is 0.632. The monoisotopic (exact) mass is 334 g/mol. The van der Waals surface area contributed by atoms with Crippen molar-refractivity contribution in [2.24, 2.45) is 0 Å². The molecule has 134 valence electrons. The molecule has 0 unspecified atom stereocenters. The Morgan fingerprint density at radius 1 is 1.25 bits per heavy atom. The Kier molecular flexibility index (Phi) is 7.06. The third-order valence-corrected chi connectivity index (χ3v) is 4.65. The van der Waals surface area contributed by atoms with Gasteiger partial charge in [0.05, 0.1) is 0 Å². The first kappa shape index (κ1) is 18.7. The molecule has 1 aromatic rings. The van der Waals surface area contributed by atoms with E-state index in [-0.39, 0.29) is 5.91 Å².